The summed E-state index contributed by atoms with van der Waals surface area (Å²) < 4.78 is 0. The molecule has 11 aromatic carbocycles. The summed E-state index contributed by atoms with van der Waals surface area (Å²) in [6.45, 7) is 0. The Morgan fingerprint density at radius 1 is 0.312 bits per heavy atom. The predicted octanol–water partition coefficient (Wildman–Crippen LogP) is 15.3. The van der Waals surface area contributed by atoms with E-state index in [0.717, 1.165) is 28.1 Å². The normalized spacial score (nSPS) is 15.0. The van der Waals surface area contributed by atoms with Gasteiger partial charge in [0.1, 0.15) is 18.2 Å². The Labute approximate surface area is 373 Å². The van der Waals surface area contributed by atoms with Gasteiger partial charge in [0.15, 0.2) is 0 Å². The maximum Gasteiger partial charge on any atom is 0.131 e. The van der Waals surface area contributed by atoms with Crippen molar-refractivity contribution in [2.45, 2.75) is 12.3 Å². The molecule has 0 fully saturated rings. The van der Waals surface area contributed by atoms with Crippen LogP contribution in [-0.4, -0.2) is 5.84 Å². The standard InChI is InChI=1S/C61H43N3/c1-3-14-40(15-4-1)47-19-13-20-49(38-47)61-63-59(45-17-5-2-6-18-45)62-60(64-61)46-32-28-43(29-33-46)51-36-34-42-16-7-8-21-50(42)58(51)44-30-26-41(27-31-44)48-35-37-56-54-24-10-9-22-52(54)53-23-11-12-25-55(53)57(56)39-48/h1-39,59,61,63H,(H,62,64). The lowest BCUT2D eigenvalue weighted by molar-refractivity contribution is 0.409. The Morgan fingerprint density at radius 3 is 1.53 bits per heavy atom. The quantitative estimate of drug-likeness (QED) is 0.157. The molecule has 1 aliphatic rings. The molecule has 0 bridgehead atoms. The monoisotopic (exact) mass is 817 g/mol. The summed E-state index contributed by atoms with van der Waals surface area (Å²) in [6, 6.07) is 85.6. The summed E-state index contributed by atoms with van der Waals surface area (Å²) in [5.41, 5.74) is 12.9. The molecule has 2 unspecified atom stereocenters. The van der Waals surface area contributed by atoms with Crippen LogP contribution in [0, 0.1) is 0 Å². The summed E-state index contributed by atoms with van der Waals surface area (Å²) in [5.74, 6) is 0.860. The van der Waals surface area contributed by atoms with Gasteiger partial charge in [-0.2, -0.15) is 0 Å². The molecular formula is C61H43N3. The molecule has 3 nitrogen and oxygen atoms in total. The molecule has 11 aromatic rings. The molecule has 0 radical (unpaired) electrons. The van der Waals surface area contributed by atoms with Crippen LogP contribution >= 0.6 is 0 Å². The Bertz CT molecular complexity index is 3500. The van der Waals surface area contributed by atoms with Gasteiger partial charge in [-0.3, -0.25) is 5.32 Å². The van der Waals surface area contributed by atoms with E-state index in [4.69, 9.17) is 4.99 Å². The number of fused-ring (bicyclic) bond motifs is 7. The highest BCUT2D eigenvalue weighted by Crippen LogP contribution is 2.41. The van der Waals surface area contributed by atoms with Crippen LogP contribution < -0.4 is 10.6 Å². The molecule has 64 heavy (non-hydrogen) atoms. The molecule has 0 saturated carbocycles. The lowest BCUT2D eigenvalue weighted by Crippen LogP contribution is -2.44. The van der Waals surface area contributed by atoms with E-state index in [1.165, 1.54) is 82.0 Å². The minimum absolute atomic E-state index is 0.123. The molecule has 0 aliphatic carbocycles. The van der Waals surface area contributed by atoms with Crippen molar-refractivity contribution >= 4 is 48.9 Å². The molecule has 1 aliphatic heterocycles. The number of nitrogens with one attached hydrogen (secondary N) is 2. The topological polar surface area (TPSA) is 36.4 Å². The van der Waals surface area contributed by atoms with Gasteiger partial charge >= 0.3 is 0 Å². The van der Waals surface area contributed by atoms with Crippen LogP contribution in [0.15, 0.2) is 242 Å². The lowest BCUT2D eigenvalue weighted by atomic mass is 9.88. The first-order valence-corrected chi connectivity index (χ1v) is 22.1. The van der Waals surface area contributed by atoms with Crippen molar-refractivity contribution in [2.24, 2.45) is 4.99 Å². The molecule has 3 heteroatoms. The van der Waals surface area contributed by atoms with E-state index >= 15 is 0 Å². The minimum Gasteiger partial charge on any atom is -0.350 e. The third-order valence-electron chi connectivity index (χ3n) is 13.0. The molecule has 1 heterocycles. The van der Waals surface area contributed by atoms with E-state index in [9.17, 15) is 0 Å². The first-order valence-electron chi connectivity index (χ1n) is 22.1. The summed E-state index contributed by atoms with van der Waals surface area (Å²) in [5, 5.41) is 17.7. The Kier molecular flexibility index (Phi) is 9.39. The molecule has 2 N–H and O–H groups in total. The van der Waals surface area contributed by atoms with Crippen LogP contribution in [-0.2, 0) is 0 Å². The van der Waals surface area contributed by atoms with Crippen molar-refractivity contribution in [1.82, 2.24) is 10.6 Å². The fraction of sp³-hybridized carbons (Fsp3) is 0.0328. The van der Waals surface area contributed by atoms with Gasteiger partial charge in [0.05, 0.1) is 0 Å². The van der Waals surface area contributed by atoms with Crippen molar-refractivity contribution in [2.75, 3.05) is 0 Å². The summed E-state index contributed by atoms with van der Waals surface area (Å²) in [7, 11) is 0. The van der Waals surface area contributed by atoms with Crippen LogP contribution in [0.5, 0.6) is 0 Å². The number of aliphatic imine (C=N–C) groups is 1. The molecule has 12 rings (SSSR count). The number of amidine groups is 1. The zero-order valence-electron chi connectivity index (χ0n) is 35.1. The number of rotatable bonds is 7. The van der Waals surface area contributed by atoms with Crippen LogP contribution in [0.4, 0.5) is 0 Å². The molecule has 0 saturated heterocycles. The molecule has 2 atom stereocenters. The van der Waals surface area contributed by atoms with Crippen LogP contribution in [0.2, 0.25) is 0 Å². The van der Waals surface area contributed by atoms with Gasteiger partial charge in [-0.25, -0.2) is 4.99 Å². The van der Waals surface area contributed by atoms with Crippen molar-refractivity contribution < 1.29 is 0 Å². The summed E-state index contributed by atoms with van der Waals surface area (Å²) >= 11 is 0. The summed E-state index contributed by atoms with van der Waals surface area (Å²) in [6.07, 6.45) is -0.364. The molecule has 302 valence electrons. The second kappa shape index (κ2) is 16.0. The zero-order chi connectivity index (χ0) is 42.4. The number of hydrogen-bond acceptors (Lipinski definition) is 3. The van der Waals surface area contributed by atoms with Gasteiger partial charge in [0.25, 0.3) is 0 Å². The van der Waals surface area contributed by atoms with Crippen molar-refractivity contribution in [3.63, 3.8) is 0 Å². The van der Waals surface area contributed by atoms with Gasteiger partial charge < -0.3 is 5.32 Å². The van der Waals surface area contributed by atoms with E-state index in [1.54, 1.807) is 0 Å². The molecule has 0 aromatic heterocycles. The third-order valence-corrected chi connectivity index (χ3v) is 13.0. The predicted molar refractivity (Wildman–Crippen MR) is 269 cm³/mol. The second-order valence-electron chi connectivity index (χ2n) is 16.7. The molecular weight excluding hydrogens is 775 g/mol. The maximum absolute atomic E-state index is 5.31. The van der Waals surface area contributed by atoms with Crippen molar-refractivity contribution in [3.05, 3.63) is 253 Å². The fourth-order valence-electron chi connectivity index (χ4n) is 9.76. The van der Waals surface area contributed by atoms with Gasteiger partial charge in [-0.1, -0.05) is 224 Å². The van der Waals surface area contributed by atoms with Gasteiger partial charge in [0.2, 0.25) is 0 Å². The van der Waals surface area contributed by atoms with E-state index < -0.39 is 0 Å². The van der Waals surface area contributed by atoms with E-state index in [2.05, 4.69) is 247 Å². The highest BCUT2D eigenvalue weighted by Gasteiger charge is 2.26. The van der Waals surface area contributed by atoms with E-state index in [0.29, 0.717) is 0 Å². The molecule has 0 spiro atoms. The largest absolute Gasteiger partial charge is 0.350 e. The zero-order valence-corrected chi connectivity index (χ0v) is 35.1. The minimum atomic E-state index is -0.242. The highest BCUT2D eigenvalue weighted by molar-refractivity contribution is 6.25. The van der Waals surface area contributed by atoms with Gasteiger partial charge in [0, 0.05) is 5.56 Å². The van der Waals surface area contributed by atoms with Crippen molar-refractivity contribution in [3.8, 4) is 44.5 Å². The highest BCUT2D eigenvalue weighted by atomic mass is 15.3. The fourth-order valence-corrected chi connectivity index (χ4v) is 9.76. The first kappa shape index (κ1) is 37.6. The number of nitrogens with zero attached hydrogens (tertiary/aromatic N) is 1. The van der Waals surface area contributed by atoms with Crippen LogP contribution in [0.25, 0.3) is 87.6 Å². The van der Waals surface area contributed by atoms with E-state index in [1.807, 2.05) is 0 Å². The Balaban J connectivity index is 0.904. The van der Waals surface area contributed by atoms with E-state index in [-0.39, 0.29) is 12.3 Å². The Hall–Kier alpha value is -8.11. The second-order valence-corrected chi connectivity index (χ2v) is 16.7. The smallest absolute Gasteiger partial charge is 0.131 e. The number of benzene rings is 11. The maximum atomic E-state index is 5.31. The third kappa shape index (κ3) is 6.80. The average Bonchev–Trinajstić information content (AvgIpc) is 3.39. The van der Waals surface area contributed by atoms with Gasteiger partial charge in [-0.05, 0) is 111 Å². The number of hydrogen-bond donors (Lipinski definition) is 2. The summed E-state index contributed by atoms with van der Waals surface area (Å²) in [4.78, 5) is 5.31. The van der Waals surface area contributed by atoms with Crippen molar-refractivity contribution in [1.29, 1.82) is 0 Å². The molecule has 0 amide bonds. The van der Waals surface area contributed by atoms with Crippen LogP contribution in [0.3, 0.4) is 0 Å². The van der Waals surface area contributed by atoms with Gasteiger partial charge in [-0.15, -0.1) is 0 Å². The van der Waals surface area contributed by atoms with Crippen LogP contribution in [0.1, 0.15) is 29.0 Å². The average molecular weight is 818 g/mol. The SMILES string of the molecule is c1ccc(-c2cccc(C3N=C(c4ccc(-c5ccc6ccccc6c5-c5ccc(-c6ccc7c8ccccc8c8ccccc8c7c6)cc5)cc4)NC(c4ccccc4)N3)c2)cc1. The Morgan fingerprint density at radius 2 is 0.812 bits per heavy atom. The lowest BCUT2D eigenvalue weighted by Gasteiger charge is -2.32. The first-order chi connectivity index (χ1) is 31.7.